The van der Waals surface area contributed by atoms with E-state index in [2.05, 4.69) is 31.2 Å². The normalized spacial score (nSPS) is 11.0. The van der Waals surface area contributed by atoms with Crippen molar-refractivity contribution < 1.29 is 9.13 Å². The number of hydrogen-bond acceptors (Lipinski definition) is 3. The Morgan fingerprint density at radius 3 is 2.72 bits per heavy atom. The summed E-state index contributed by atoms with van der Waals surface area (Å²) in [7, 11) is 0. The summed E-state index contributed by atoms with van der Waals surface area (Å²) in [6, 6.07) is 15.7. The first-order valence-electron chi connectivity index (χ1n) is 8.79. The van der Waals surface area contributed by atoms with Crippen molar-refractivity contribution in [2.24, 2.45) is 0 Å². The Kier molecular flexibility index (Phi) is 5.60. The molecule has 0 spiro atoms. The highest BCUT2D eigenvalue weighted by Gasteiger charge is 2.11. The molecule has 0 aliphatic heterocycles. The van der Waals surface area contributed by atoms with Crippen molar-refractivity contribution in [2.45, 2.75) is 13.2 Å². The maximum atomic E-state index is 14.0. The van der Waals surface area contributed by atoms with Gasteiger partial charge in [0.2, 0.25) is 0 Å². The predicted molar refractivity (Wildman–Crippen MR) is 116 cm³/mol. The third-order valence-electron chi connectivity index (χ3n) is 4.46. The first-order chi connectivity index (χ1) is 14.0. The molecule has 0 fully saturated rings. The van der Waals surface area contributed by atoms with Crippen molar-refractivity contribution in [1.29, 1.82) is 0 Å². The van der Waals surface area contributed by atoms with Crippen LogP contribution in [-0.4, -0.2) is 9.97 Å². The van der Waals surface area contributed by atoms with Gasteiger partial charge < -0.3 is 20.0 Å². The van der Waals surface area contributed by atoms with Crippen molar-refractivity contribution in [3.63, 3.8) is 0 Å². The van der Waals surface area contributed by atoms with E-state index in [0.717, 1.165) is 26.8 Å². The first-order valence-corrected chi connectivity index (χ1v) is 9.97. The fraction of sp³-hybridized carbons (Fsp3) is 0.0952. The summed E-state index contributed by atoms with van der Waals surface area (Å²) >= 11 is 9.55. The molecule has 0 amide bonds. The van der Waals surface area contributed by atoms with Crippen LogP contribution in [0.5, 0.6) is 5.75 Å². The number of rotatable bonds is 6. The molecule has 0 aliphatic carbocycles. The van der Waals surface area contributed by atoms with E-state index in [0.29, 0.717) is 22.9 Å². The second kappa shape index (κ2) is 8.31. The number of fused-ring (bicyclic) bond motifs is 1. The Bertz CT molecular complexity index is 1220. The zero-order chi connectivity index (χ0) is 20.4. The summed E-state index contributed by atoms with van der Waals surface area (Å²) < 4.78 is 20.8. The van der Waals surface area contributed by atoms with Crippen LogP contribution in [0.2, 0.25) is 5.02 Å². The van der Waals surface area contributed by atoms with Gasteiger partial charge in [-0.2, -0.15) is 0 Å². The van der Waals surface area contributed by atoms with Crippen LogP contribution in [0.4, 0.5) is 10.1 Å². The van der Waals surface area contributed by atoms with E-state index in [-0.39, 0.29) is 12.3 Å². The van der Waals surface area contributed by atoms with Crippen LogP contribution < -0.4 is 15.7 Å². The second-order valence-corrected chi connectivity index (χ2v) is 7.76. The van der Waals surface area contributed by atoms with Crippen LogP contribution in [0.1, 0.15) is 11.1 Å². The third-order valence-corrected chi connectivity index (χ3v) is 5.30. The van der Waals surface area contributed by atoms with E-state index in [1.165, 1.54) is 6.07 Å². The van der Waals surface area contributed by atoms with Gasteiger partial charge in [-0.05, 0) is 48.5 Å². The largest absolute Gasteiger partial charge is 0.488 e. The highest BCUT2D eigenvalue weighted by Crippen LogP contribution is 2.27. The molecular formula is C21H16BrClFN3O2. The number of aromatic nitrogens is 2. The topological polar surface area (TPSA) is 69.9 Å². The summed E-state index contributed by atoms with van der Waals surface area (Å²) in [5.74, 6) is 0.222. The Hall–Kier alpha value is -2.77. The number of halogens is 3. The van der Waals surface area contributed by atoms with Gasteiger partial charge in [-0.1, -0.05) is 33.6 Å². The van der Waals surface area contributed by atoms with E-state index in [1.54, 1.807) is 12.1 Å². The lowest BCUT2D eigenvalue weighted by molar-refractivity contribution is 0.297. The highest BCUT2D eigenvalue weighted by molar-refractivity contribution is 9.10. The average molecular weight is 477 g/mol. The van der Waals surface area contributed by atoms with Gasteiger partial charge in [0.1, 0.15) is 18.2 Å². The molecule has 8 heteroatoms. The molecule has 0 unspecified atom stereocenters. The molecule has 1 heterocycles. The molecule has 0 bridgehead atoms. The highest BCUT2D eigenvalue weighted by atomic mass is 79.9. The molecule has 0 aliphatic rings. The van der Waals surface area contributed by atoms with E-state index >= 15 is 0 Å². The minimum absolute atomic E-state index is 0.0245. The number of anilines is 1. The molecule has 29 heavy (non-hydrogen) atoms. The lowest BCUT2D eigenvalue weighted by Crippen LogP contribution is -2.05. The number of ether oxygens (including phenoxy) is 1. The average Bonchev–Trinajstić information content (AvgIpc) is 3.06. The molecule has 0 saturated heterocycles. The van der Waals surface area contributed by atoms with Crippen LogP contribution in [-0.2, 0) is 13.2 Å². The summed E-state index contributed by atoms with van der Waals surface area (Å²) in [6.45, 7) is 0.497. The lowest BCUT2D eigenvalue weighted by Gasteiger charge is -2.14. The molecule has 0 radical (unpaired) electrons. The van der Waals surface area contributed by atoms with Gasteiger partial charge in [-0.3, -0.25) is 0 Å². The quantitative estimate of drug-likeness (QED) is 0.339. The first kappa shape index (κ1) is 19.5. The molecule has 1 aromatic heterocycles. The van der Waals surface area contributed by atoms with Crippen LogP contribution >= 0.6 is 27.5 Å². The smallest absolute Gasteiger partial charge is 0.323 e. The Labute approximate surface area is 179 Å². The Morgan fingerprint density at radius 1 is 1.07 bits per heavy atom. The summed E-state index contributed by atoms with van der Waals surface area (Å²) in [5.41, 5.74) is 3.27. The molecule has 0 atom stereocenters. The number of aromatic amines is 2. The molecule has 148 valence electrons. The fourth-order valence-corrected chi connectivity index (χ4v) is 3.61. The maximum absolute atomic E-state index is 14.0. The maximum Gasteiger partial charge on any atom is 0.323 e. The summed E-state index contributed by atoms with van der Waals surface area (Å²) in [4.78, 5) is 16.9. The van der Waals surface area contributed by atoms with Gasteiger partial charge >= 0.3 is 5.69 Å². The predicted octanol–water partition coefficient (Wildman–Crippen LogP) is 5.60. The van der Waals surface area contributed by atoms with Gasteiger partial charge in [0.15, 0.2) is 0 Å². The molecule has 0 saturated carbocycles. The summed E-state index contributed by atoms with van der Waals surface area (Å²) in [6.07, 6.45) is 0. The van der Waals surface area contributed by atoms with E-state index in [4.69, 9.17) is 16.3 Å². The number of H-pyrrole nitrogens is 2. The zero-order valence-electron chi connectivity index (χ0n) is 15.1. The van der Waals surface area contributed by atoms with Gasteiger partial charge in [0.25, 0.3) is 0 Å². The summed E-state index contributed by atoms with van der Waals surface area (Å²) in [5, 5.41) is 3.64. The van der Waals surface area contributed by atoms with E-state index in [9.17, 15) is 9.18 Å². The fourth-order valence-electron chi connectivity index (χ4n) is 2.99. The van der Waals surface area contributed by atoms with Crippen LogP contribution in [0.25, 0.3) is 11.0 Å². The third kappa shape index (κ3) is 4.46. The Balaban J connectivity index is 1.52. The molecule has 4 aromatic rings. The van der Waals surface area contributed by atoms with Crippen LogP contribution in [0.15, 0.2) is 63.9 Å². The Morgan fingerprint density at radius 2 is 1.90 bits per heavy atom. The molecule has 5 nitrogen and oxygen atoms in total. The second-order valence-electron chi connectivity index (χ2n) is 6.43. The van der Waals surface area contributed by atoms with Crippen molar-refractivity contribution in [2.75, 3.05) is 5.32 Å². The lowest BCUT2D eigenvalue weighted by atomic mass is 10.2. The number of imidazole rings is 1. The van der Waals surface area contributed by atoms with Crippen molar-refractivity contribution in [1.82, 2.24) is 9.97 Å². The molecule has 4 rings (SSSR count). The molecule has 3 aromatic carbocycles. The van der Waals surface area contributed by atoms with Crippen molar-refractivity contribution in [3.8, 4) is 5.75 Å². The minimum atomic E-state index is -0.400. The van der Waals surface area contributed by atoms with Crippen LogP contribution in [0, 0.1) is 5.82 Å². The molecular weight excluding hydrogens is 461 g/mol. The van der Waals surface area contributed by atoms with Crippen molar-refractivity contribution in [3.05, 3.63) is 91.5 Å². The zero-order valence-corrected chi connectivity index (χ0v) is 17.4. The van der Waals surface area contributed by atoms with E-state index in [1.807, 2.05) is 36.4 Å². The van der Waals surface area contributed by atoms with Gasteiger partial charge in [0, 0.05) is 27.8 Å². The van der Waals surface area contributed by atoms with Crippen molar-refractivity contribution >= 4 is 44.3 Å². The monoisotopic (exact) mass is 475 g/mol. The number of hydrogen-bond donors (Lipinski definition) is 3. The van der Waals surface area contributed by atoms with Crippen LogP contribution in [0.3, 0.4) is 0 Å². The molecule has 3 N–H and O–H groups in total. The SMILES string of the molecule is O=c1[nH]c2ccc(NCc3cc(Br)ccc3OCc3c(F)cccc3Cl)cc2[nH]1. The number of benzene rings is 3. The minimum Gasteiger partial charge on any atom is -0.488 e. The van der Waals surface area contributed by atoms with Gasteiger partial charge in [0.05, 0.1) is 16.1 Å². The standard InChI is InChI=1S/C21H16BrClFN3O2/c22-13-4-7-20(29-11-15-16(23)2-1-3-17(15)24)12(8-13)10-25-14-5-6-18-19(9-14)27-21(28)26-18/h1-9,25H,10-11H2,(H2,26,27,28). The number of nitrogens with one attached hydrogen (secondary N) is 3. The van der Waals surface area contributed by atoms with Gasteiger partial charge in [-0.25, -0.2) is 9.18 Å². The van der Waals surface area contributed by atoms with E-state index < -0.39 is 5.82 Å². The van der Waals surface area contributed by atoms with Gasteiger partial charge in [-0.15, -0.1) is 0 Å².